The van der Waals surface area contributed by atoms with Gasteiger partial charge in [0.2, 0.25) is 0 Å². The van der Waals surface area contributed by atoms with E-state index >= 15 is 0 Å². The maximum Gasteiger partial charge on any atom is 0.320 e. The number of aromatic nitrogens is 2. The van der Waals surface area contributed by atoms with E-state index in [-0.39, 0.29) is 12.1 Å². The molecule has 1 saturated heterocycles. The Morgan fingerprint density at radius 3 is 2.95 bits per heavy atom. The maximum absolute atomic E-state index is 11.9. The number of rotatable bonds is 4. The molecule has 6 heteroatoms. The van der Waals surface area contributed by atoms with Crippen molar-refractivity contribution in [1.29, 1.82) is 0 Å². The molecule has 1 atom stereocenters. The Balaban J connectivity index is 1.51. The molecule has 2 N–H and O–H groups in total. The van der Waals surface area contributed by atoms with Gasteiger partial charge < -0.3 is 10.1 Å². The number of anilines is 1. The fourth-order valence-electron chi connectivity index (χ4n) is 3.03. The number of nitrogens with one attached hydrogen (secondary N) is 2. The summed E-state index contributed by atoms with van der Waals surface area (Å²) in [5.74, 6) is 0.779. The molecule has 3 rings (SSSR count). The lowest BCUT2D eigenvalue weighted by atomic mass is 10.2. The molecule has 1 aliphatic carbocycles. The molecule has 110 valence electrons. The highest BCUT2D eigenvalue weighted by Crippen LogP contribution is 2.31. The Bertz CT molecular complexity index is 448. The quantitative estimate of drug-likeness (QED) is 0.888. The molecule has 2 amide bonds. The molecule has 0 bridgehead atoms. The maximum atomic E-state index is 11.9. The third kappa shape index (κ3) is 3.12. The van der Waals surface area contributed by atoms with Crippen molar-refractivity contribution in [1.82, 2.24) is 15.1 Å². The molecule has 2 heterocycles. The highest BCUT2D eigenvalue weighted by atomic mass is 16.5. The summed E-state index contributed by atoms with van der Waals surface area (Å²) in [5.41, 5.74) is 0. The van der Waals surface area contributed by atoms with Crippen LogP contribution in [0.5, 0.6) is 0 Å². The molecule has 0 spiro atoms. The number of nitrogens with zero attached hydrogens (tertiary/aromatic N) is 2. The van der Waals surface area contributed by atoms with Crippen molar-refractivity contribution in [3.05, 3.63) is 12.3 Å². The van der Waals surface area contributed by atoms with E-state index in [0.717, 1.165) is 38.1 Å². The summed E-state index contributed by atoms with van der Waals surface area (Å²) in [4.78, 5) is 11.9. The largest absolute Gasteiger partial charge is 0.376 e. The van der Waals surface area contributed by atoms with Crippen LogP contribution < -0.4 is 10.6 Å². The second-order valence-electron chi connectivity index (χ2n) is 5.57. The fraction of sp³-hybridized carbons (Fsp3) is 0.714. The predicted octanol–water partition coefficient (Wildman–Crippen LogP) is 2.30. The van der Waals surface area contributed by atoms with Crippen molar-refractivity contribution in [2.24, 2.45) is 0 Å². The van der Waals surface area contributed by atoms with Crippen LogP contribution in [-0.2, 0) is 4.74 Å². The van der Waals surface area contributed by atoms with Crippen LogP contribution in [0.4, 0.5) is 10.6 Å². The Morgan fingerprint density at radius 2 is 2.20 bits per heavy atom. The molecule has 2 fully saturated rings. The smallest absolute Gasteiger partial charge is 0.320 e. The number of ether oxygens (including phenoxy) is 1. The van der Waals surface area contributed by atoms with Gasteiger partial charge in [0.05, 0.1) is 18.3 Å². The molecule has 1 aliphatic heterocycles. The van der Waals surface area contributed by atoms with Gasteiger partial charge >= 0.3 is 6.03 Å². The average molecular weight is 278 g/mol. The number of carbonyl (C=O) groups excluding carboxylic acids is 1. The van der Waals surface area contributed by atoms with Crippen LogP contribution in [0.1, 0.15) is 44.6 Å². The van der Waals surface area contributed by atoms with E-state index in [0.29, 0.717) is 12.6 Å². The van der Waals surface area contributed by atoms with Crippen LogP contribution in [0.25, 0.3) is 0 Å². The number of urea groups is 1. The minimum absolute atomic E-state index is 0.167. The first-order chi connectivity index (χ1) is 9.83. The number of hydrogen-bond acceptors (Lipinski definition) is 3. The zero-order valence-electron chi connectivity index (χ0n) is 11.7. The summed E-state index contributed by atoms with van der Waals surface area (Å²) in [5, 5.41) is 10.1. The highest BCUT2D eigenvalue weighted by Gasteiger charge is 2.21. The molecule has 0 radical (unpaired) electrons. The Labute approximate surface area is 118 Å². The summed E-state index contributed by atoms with van der Waals surface area (Å²) >= 11 is 0. The van der Waals surface area contributed by atoms with Crippen molar-refractivity contribution in [2.45, 2.75) is 50.7 Å². The van der Waals surface area contributed by atoms with E-state index in [1.165, 1.54) is 12.8 Å². The summed E-state index contributed by atoms with van der Waals surface area (Å²) in [7, 11) is 0. The topological polar surface area (TPSA) is 68.2 Å². The second kappa shape index (κ2) is 6.26. The van der Waals surface area contributed by atoms with Gasteiger partial charge in [-0.2, -0.15) is 5.10 Å². The van der Waals surface area contributed by atoms with Crippen molar-refractivity contribution >= 4 is 11.8 Å². The van der Waals surface area contributed by atoms with Crippen molar-refractivity contribution in [3.8, 4) is 0 Å². The van der Waals surface area contributed by atoms with Gasteiger partial charge in [0.15, 0.2) is 0 Å². The summed E-state index contributed by atoms with van der Waals surface area (Å²) < 4.78 is 7.43. The number of amides is 2. The van der Waals surface area contributed by atoms with E-state index in [1.54, 1.807) is 6.20 Å². The summed E-state index contributed by atoms with van der Waals surface area (Å²) in [6.45, 7) is 1.38. The first-order valence-corrected chi connectivity index (χ1v) is 7.53. The lowest BCUT2D eigenvalue weighted by Gasteiger charge is -2.16. The highest BCUT2D eigenvalue weighted by molar-refractivity contribution is 5.88. The number of hydrogen-bond donors (Lipinski definition) is 2. The van der Waals surface area contributed by atoms with Crippen molar-refractivity contribution < 1.29 is 9.53 Å². The normalized spacial score (nSPS) is 23.1. The molecule has 2 aliphatic rings. The average Bonchev–Trinajstić information content (AvgIpc) is 3.18. The molecular formula is C14H22N4O2. The zero-order chi connectivity index (χ0) is 13.8. The third-order valence-electron chi connectivity index (χ3n) is 4.10. The molecule has 1 aromatic heterocycles. The Kier molecular flexibility index (Phi) is 4.20. The van der Waals surface area contributed by atoms with E-state index in [2.05, 4.69) is 15.7 Å². The minimum Gasteiger partial charge on any atom is -0.376 e. The molecule has 1 aromatic rings. The molecular weight excluding hydrogens is 256 g/mol. The second-order valence-corrected chi connectivity index (χ2v) is 5.57. The molecule has 20 heavy (non-hydrogen) atoms. The molecule has 1 saturated carbocycles. The zero-order valence-corrected chi connectivity index (χ0v) is 11.7. The SMILES string of the molecule is O=C(NC[C@H]1CCCO1)Nc1ccnn1C1CCCC1. The van der Waals surface area contributed by atoms with Gasteiger partial charge in [0.25, 0.3) is 0 Å². The number of carbonyl (C=O) groups is 1. The van der Waals surface area contributed by atoms with Crippen molar-refractivity contribution in [2.75, 3.05) is 18.5 Å². The molecule has 0 unspecified atom stereocenters. The van der Waals surface area contributed by atoms with E-state index in [4.69, 9.17) is 4.74 Å². The van der Waals surface area contributed by atoms with Crippen LogP contribution >= 0.6 is 0 Å². The van der Waals surface area contributed by atoms with Gasteiger partial charge in [-0.1, -0.05) is 12.8 Å². The summed E-state index contributed by atoms with van der Waals surface area (Å²) in [6.07, 6.45) is 8.81. The van der Waals surface area contributed by atoms with Gasteiger partial charge in [-0.3, -0.25) is 5.32 Å². The Hall–Kier alpha value is -1.56. The first kappa shape index (κ1) is 13.4. The third-order valence-corrected chi connectivity index (χ3v) is 4.10. The lowest BCUT2D eigenvalue weighted by molar-refractivity contribution is 0.112. The summed E-state index contributed by atoms with van der Waals surface area (Å²) in [6, 6.07) is 2.10. The van der Waals surface area contributed by atoms with Crippen LogP contribution in [0.15, 0.2) is 12.3 Å². The first-order valence-electron chi connectivity index (χ1n) is 7.53. The predicted molar refractivity (Wildman–Crippen MR) is 75.7 cm³/mol. The molecule has 0 aromatic carbocycles. The standard InChI is InChI=1S/C14H22N4O2/c19-14(15-10-12-6-3-9-20-12)17-13-7-8-16-18(13)11-4-1-2-5-11/h7-8,11-12H,1-6,9-10H2,(H2,15,17,19)/t12-/m1/s1. The monoisotopic (exact) mass is 278 g/mol. The van der Waals surface area contributed by atoms with Crippen LogP contribution in [0.3, 0.4) is 0 Å². The van der Waals surface area contributed by atoms with Gasteiger partial charge in [0.1, 0.15) is 5.82 Å². The van der Waals surface area contributed by atoms with Gasteiger partial charge in [-0.15, -0.1) is 0 Å². The lowest BCUT2D eigenvalue weighted by Crippen LogP contribution is -2.35. The van der Waals surface area contributed by atoms with Gasteiger partial charge in [-0.05, 0) is 25.7 Å². The molecule has 6 nitrogen and oxygen atoms in total. The van der Waals surface area contributed by atoms with Crippen LogP contribution in [0, 0.1) is 0 Å². The van der Waals surface area contributed by atoms with E-state index < -0.39 is 0 Å². The van der Waals surface area contributed by atoms with Gasteiger partial charge in [-0.25, -0.2) is 9.48 Å². The minimum atomic E-state index is -0.180. The van der Waals surface area contributed by atoms with Gasteiger partial charge in [0, 0.05) is 19.2 Å². The van der Waals surface area contributed by atoms with Crippen LogP contribution in [-0.4, -0.2) is 35.1 Å². The Morgan fingerprint density at radius 1 is 1.35 bits per heavy atom. The fourth-order valence-corrected chi connectivity index (χ4v) is 3.03. The van der Waals surface area contributed by atoms with Crippen LogP contribution in [0.2, 0.25) is 0 Å². The van der Waals surface area contributed by atoms with E-state index in [1.807, 2.05) is 10.7 Å². The van der Waals surface area contributed by atoms with Crippen molar-refractivity contribution in [3.63, 3.8) is 0 Å². The van der Waals surface area contributed by atoms with E-state index in [9.17, 15) is 4.79 Å².